The lowest BCUT2D eigenvalue weighted by molar-refractivity contribution is 0.102. The number of ether oxygens (including phenoxy) is 2. The maximum Gasteiger partial charge on any atom is 0.256 e. The van der Waals surface area contributed by atoms with Gasteiger partial charge < -0.3 is 14.8 Å². The lowest BCUT2D eigenvalue weighted by atomic mass is 10.2. The Bertz CT molecular complexity index is 676. The molecular formula is C15H13ClINO3. The number of carbonyl (C=O) groups is 1. The van der Waals surface area contributed by atoms with E-state index in [0.717, 1.165) is 3.57 Å². The fraction of sp³-hybridized carbons (Fsp3) is 0.133. The topological polar surface area (TPSA) is 47.6 Å². The van der Waals surface area contributed by atoms with Gasteiger partial charge in [0.05, 0.1) is 30.5 Å². The van der Waals surface area contributed by atoms with Gasteiger partial charge in [0.25, 0.3) is 5.91 Å². The summed E-state index contributed by atoms with van der Waals surface area (Å²) >= 11 is 8.16. The summed E-state index contributed by atoms with van der Waals surface area (Å²) in [5.74, 6) is 0.721. The first-order valence-electron chi connectivity index (χ1n) is 6.04. The van der Waals surface area contributed by atoms with Gasteiger partial charge in [0.15, 0.2) is 0 Å². The second-order valence-electron chi connectivity index (χ2n) is 4.12. The fourth-order valence-electron chi connectivity index (χ4n) is 1.79. The van der Waals surface area contributed by atoms with Crippen molar-refractivity contribution < 1.29 is 14.3 Å². The van der Waals surface area contributed by atoms with Crippen molar-refractivity contribution in [1.29, 1.82) is 0 Å². The molecule has 0 aliphatic carbocycles. The smallest absolute Gasteiger partial charge is 0.256 e. The lowest BCUT2D eigenvalue weighted by Crippen LogP contribution is -2.14. The zero-order valence-corrected chi connectivity index (χ0v) is 14.4. The average Bonchev–Trinajstić information content (AvgIpc) is 2.48. The van der Waals surface area contributed by atoms with Crippen molar-refractivity contribution in [2.45, 2.75) is 0 Å². The molecule has 0 radical (unpaired) electrons. The van der Waals surface area contributed by atoms with E-state index in [-0.39, 0.29) is 5.91 Å². The maximum absolute atomic E-state index is 12.3. The van der Waals surface area contributed by atoms with Gasteiger partial charge in [0.1, 0.15) is 11.5 Å². The Balaban J connectivity index is 2.35. The monoisotopic (exact) mass is 417 g/mol. The Hall–Kier alpha value is -1.47. The molecule has 110 valence electrons. The van der Waals surface area contributed by atoms with Crippen LogP contribution in [0.2, 0.25) is 5.02 Å². The molecule has 0 aromatic heterocycles. The van der Waals surface area contributed by atoms with Gasteiger partial charge in [-0.05, 0) is 34.7 Å². The van der Waals surface area contributed by atoms with Crippen LogP contribution in [0.15, 0.2) is 36.4 Å². The van der Waals surface area contributed by atoms with Gasteiger partial charge in [-0.3, -0.25) is 4.79 Å². The van der Waals surface area contributed by atoms with Crippen molar-refractivity contribution in [2.75, 3.05) is 19.5 Å². The van der Waals surface area contributed by atoms with Gasteiger partial charge >= 0.3 is 0 Å². The van der Waals surface area contributed by atoms with E-state index in [1.54, 1.807) is 18.2 Å². The largest absolute Gasteiger partial charge is 0.495 e. The fourth-order valence-corrected chi connectivity index (χ4v) is 2.66. The van der Waals surface area contributed by atoms with Gasteiger partial charge in [-0.15, -0.1) is 0 Å². The standard InChI is InChI=1S/C15H13ClINO3/c1-20-13-8-12(14(21-2)7-10(13)16)18-15(19)9-5-3-4-6-11(9)17/h3-8H,1-2H3,(H,18,19). The summed E-state index contributed by atoms with van der Waals surface area (Å²) in [4.78, 5) is 12.3. The normalized spacial score (nSPS) is 10.1. The zero-order chi connectivity index (χ0) is 15.4. The maximum atomic E-state index is 12.3. The number of halogens is 2. The molecule has 0 unspecified atom stereocenters. The molecule has 0 aliphatic rings. The number of hydrogen-bond donors (Lipinski definition) is 1. The summed E-state index contributed by atoms with van der Waals surface area (Å²) in [7, 11) is 3.03. The molecule has 1 amide bonds. The van der Waals surface area contributed by atoms with Crippen LogP contribution in [0.4, 0.5) is 5.69 Å². The van der Waals surface area contributed by atoms with E-state index in [0.29, 0.717) is 27.8 Å². The van der Waals surface area contributed by atoms with Crippen molar-refractivity contribution in [3.63, 3.8) is 0 Å². The molecule has 2 aromatic rings. The SMILES string of the molecule is COc1cc(NC(=O)c2ccccc2I)c(OC)cc1Cl. The molecule has 1 N–H and O–H groups in total. The number of hydrogen-bond acceptors (Lipinski definition) is 3. The molecule has 4 nitrogen and oxygen atoms in total. The van der Waals surface area contributed by atoms with Crippen LogP contribution in [0.25, 0.3) is 0 Å². The molecule has 0 heterocycles. The minimum atomic E-state index is -0.220. The quantitative estimate of drug-likeness (QED) is 0.758. The first kappa shape index (κ1) is 15.9. The van der Waals surface area contributed by atoms with Crippen LogP contribution in [0.5, 0.6) is 11.5 Å². The third-order valence-corrected chi connectivity index (χ3v) is 4.08. The molecule has 0 spiro atoms. The molecule has 0 atom stereocenters. The summed E-state index contributed by atoms with van der Waals surface area (Å²) in [5, 5.41) is 3.23. The minimum absolute atomic E-state index is 0.220. The van der Waals surface area contributed by atoms with Gasteiger partial charge in [0.2, 0.25) is 0 Å². The molecule has 0 aliphatic heterocycles. The number of methoxy groups -OCH3 is 2. The Labute approximate surface area is 141 Å². The summed E-state index contributed by atoms with van der Waals surface area (Å²) in [6, 6.07) is 10.6. The van der Waals surface area contributed by atoms with E-state index >= 15 is 0 Å². The molecule has 2 aromatic carbocycles. The molecule has 0 fully saturated rings. The van der Waals surface area contributed by atoms with Crippen molar-refractivity contribution in [2.24, 2.45) is 0 Å². The first-order chi connectivity index (χ1) is 10.1. The highest BCUT2D eigenvalue weighted by atomic mass is 127. The number of amides is 1. The molecule has 0 bridgehead atoms. The highest BCUT2D eigenvalue weighted by Crippen LogP contribution is 2.36. The van der Waals surface area contributed by atoms with Crippen molar-refractivity contribution in [3.8, 4) is 11.5 Å². The number of carbonyl (C=O) groups excluding carboxylic acids is 1. The second-order valence-corrected chi connectivity index (χ2v) is 5.69. The third-order valence-electron chi connectivity index (χ3n) is 2.84. The predicted molar refractivity (Wildman–Crippen MR) is 91.7 cm³/mol. The molecule has 21 heavy (non-hydrogen) atoms. The third kappa shape index (κ3) is 3.59. The highest BCUT2D eigenvalue weighted by Gasteiger charge is 2.15. The van der Waals surface area contributed by atoms with E-state index in [2.05, 4.69) is 27.9 Å². The van der Waals surface area contributed by atoms with E-state index in [1.807, 2.05) is 18.2 Å². The van der Waals surface area contributed by atoms with Crippen molar-refractivity contribution in [1.82, 2.24) is 0 Å². The summed E-state index contributed by atoms with van der Waals surface area (Å²) < 4.78 is 11.3. The Morgan fingerprint density at radius 2 is 1.81 bits per heavy atom. The zero-order valence-electron chi connectivity index (χ0n) is 11.4. The van der Waals surface area contributed by atoms with Gasteiger partial charge in [0, 0.05) is 15.7 Å². The van der Waals surface area contributed by atoms with Crippen LogP contribution in [-0.2, 0) is 0 Å². The lowest BCUT2D eigenvalue weighted by Gasteiger charge is -2.13. The van der Waals surface area contributed by atoms with E-state index in [4.69, 9.17) is 21.1 Å². The number of nitrogens with one attached hydrogen (secondary N) is 1. The number of anilines is 1. The van der Waals surface area contributed by atoms with Crippen LogP contribution in [0.1, 0.15) is 10.4 Å². The van der Waals surface area contributed by atoms with E-state index < -0.39 is 0 Å². The first-order valence-corrected chi connectivity index (χ1v) is 7.50. The van der Waals surface area contributed by atoms with Gasteiger partial charge in [-0.25, -0.2) is 0 Å². The molecule has 0 saturated carbocycles. The number of benzene rings is 2. The Morgan fingerprint density at radius 1 is 1.14 bits per heavy atom. The van der Waals surface area contributed by atoms with Crippen LogP contribution in [-0.4, -0.2) is 20.1 Å². The Kier molecular flexibility index (Phi) is 5.30. The molecular weight excluding hydrogens is 405 g/mol. The summed E-state index contributed by atoms with van der Waals surface area (Å²) in [6.07, 6.45) is 0. The summed E-state index contributed by atoms with van der Waals surface area (Å²) in [5.41, 5.74) is 1.09. The van der Waals surface area contributed by atoms with Crippen molar-refractivity contribution >= 4 is 45.8 Å². The number of rotatable bonds is 4. The van der Waals surface area contributed by atoms with E-state index in [1.165, 1.54) is 14.2 Å². The van der Waals surface area contributed by atoms with Crippen LogP contribution in [0.3, 0.4) is 0 Å². The van der Waals surface area contributed by atoms with Crippen molar-refractivity contribution in [3.05, 3.63) is 50.6 Å². The molecule has 6 heteroatoms. The van der Waals surface area contributed by atoms with Crippen LogP contribution < -0.4 is 14.8 Å². The van der Waals surface area contributed by atoms with Gasteiger partial charge in [-0.1, -0.05) is 23.7 Å². The van der Waals surface area contributed by atoms with Gasteiger partial charge in [-0.2, -0.15) is 0 Å². The molecule has 2 rings (SSSR count). The van der Waals surface area contributed by atoms with Crippen LogP contribution in [0, 0.1) is 3.57 Å². The average molecular weight is 418 g/mol. The predicted octanol–water partition coefficient (Wildman–Crippen LogP) is 4.21. The Morgan fingerprint density at radius 3 is 2.43 bits per heavy atom. The van der Waals surface area contributed by atoms with E-state index in [9.17, 15) is 4.79 Å². The minimum Gasteiger partial charge on any atom is -0.495 e. The highest BCUT2D eigenvalue weighted by molar-refractivity contribution is 14.1. The second kappa shape index (κ2) is 7.00. The summed E-state index contributed by atoms with van der Waals surface area (Å²) in [6.45, 7) is 0. The van der Waals surface area contributed by atoms with Crippen LogP contribution >= 0.6 is 34.2 Å². The molecule has 0 saturated heterocycles.